The van der Waals surface area contributed by atoms with E-state index in [1.165, 1.54) is 22.8 Å². The van der Waals surface area contributed by atoms with Crippen molar-refractivity contribution >= 4 is 40.0 Å². The van der Waals surface area contributed by atoms with Crippen LogP contribution in [0.15, 0.2) is 82.4 Å². The van der Waals surface area contributed by atoms with Crippen LogP contribution in [0.4, 0.5) is 10.1 Å². The number of hydrogen-bond donors (Lipinski definition) is 2. The highest BCUT2D eigenvalue weighted by Gasteiger charge is 2.16. The fourth-order valence-electron chi connectivity index (χ4n) is 4.10. The number of nitrogens with one attached hydrogen (secondary N) is 2. The van der Waals surface area contributed by atoms with Crippen LogP contribution in [-0.4, -0.2) is 20.9 Å². The van der Waals surface area contributed by atoms with Crippen molar-refractivity contribution < 1.29 is 14.0 Å². The Morgan fingerprint density at radius 1 is 0.842 bits per heavy atom. The second-order valence-electron chi connectivity index (χ2n) is 8.70. The minimum Gasteiger partial charge on any atom is -0.352 e. The van der Waals surface area contributed by atoms with Gasteiger partial charge in [0.2, 0.25) is 11.8 Å². The van der Waals surface area contributed by atoms with Gasteiger partial charge in [0.1, 0.15) is 12.4 Å². The van der Waals surface area contributed by atoms with Crippen LogP contribution in [0, 0.1) is 5.82 Å². The quantitative estimate of drug-likeness (QED) is 0.298. The number of para-hydroxylation sites is 2. The van der Waals surface area contributed by atoms with Gasteiger partial charge in [-0.05, 0) is 48.7 Å². The first-order valence-corrected chi connectivity index (χ1v) is 12.5. The molecule has 1 heterocycles. The van der Waals surface area contributed by atoms with Gasteiger partial charge < -0.3 is 10.6 Å². The molecule has 0 unspecified atom stereocenters. The summed E-state index contributed by atoms with van der Waals surface area (Å²) in [7, 11) is 0. The number of carbonyl (C=O) groups excluding carboxylic acids is 2. The summed E-state index contributed by atoms with van der Waals surface area (Å²) in [4.78, 5) is 51.2. The highest BCUT2D eigenvalue weighted by molar-refractivity contribution is 6.31. The van der Waals surface area contributed by atoms with Gasteiger partial charge in [0, 0.05) is 24.5 Å². The van der Waals surface area contributed by atoms with Crippen LogP contribution in [0.1, 0.15) is 24.8 Å². The van der Waals surface area contributed by atoms with Gasteiger partial charge in [-0.15, -0.1) is 0 Å². The number of hydrogen-bond acceptors (Lipinski definition) is 4. The Morgan fingerprint density at radius 2 is 1.55 bits per heavy atom. The third kappa shape index (κ3) is 6.36. The number of unbranched alkanes of at least 4 members (excludes halogenated alkanes) is 1. The second-order valence-corrected chi connectivity index (χ2v) is 9.10. The normalized spacial score (nSPS) is 10.9. The number of benzene rings is 3. The number of fused-ring (bicyclic) bond motifs is 1. The molecule has 0 aliphatic carbocycles. The van der Waals surface area contributed by atoms with E-state index in [1.807, 2.05) is 18.2 Å². The minimum absolute atomic E-state index is 0.00371. The number of rotatable bonds is 10. The van der Waals surface area contributed by atoms with Crippen molar-refractivity contribution in [3.05, 3.63) is 110 Å². The molecule has 0 bridgehead atoms. The van der Waals surface area contributed by atoms with Gasteiger partial charge in [-0.2, -0.15) is 0 Å². The van der Waals surface area contributed by atoms with E-state index in [2.05, 4.69) is 10.6 Å². The maximum atomic E-state index is 14.0. The van der Waals surface area contributed by atoms with Crippen molar-refractivity contribution in [2.45, 2.75) is 38.9 Å². The standard InChI is InChI=1S/C28H26ClFN4O4/c29-21-11-3-1-9-19(21)17-31-25(35)15-7-8-16-33-27(37)20-10-2-6-14-24(20)34(28(33)38)18-26(36)32-23-13-5-4-12-22(23)30/h1-6,9-14H,7-8,15-18H2,(H,31,35)(H,32,36). The lowest BCUT2D eigenvalue weighted by Gasteiger charge is -2.14. The van der Waals surface area contributed by atoms with Gasteiger partial charge >= 0.3 is 5.69 Å². The van der Waals surface area contributed by atoms with Gasteiger partial charge in [-0.25, -0.2) is 9.18 Å². The fourth-order valence-corrected chi connectivity index (χ4v) is 4.30. The topological polar surface area (TPSA) is 102 Å². The van der Waals surface area contributed by atoms with Crippen LogP contribution >= 0.6 is 11.6 Å². The van der Waals surface area contributed by atoms with Crippen LogP contribution in [-0.2, 0) is 29.2 Å². The molecule has 0 aliphatic rings. The van der Waals surface area contributed by atoms with Gasteiger partial charge in [0.15, 0.2) is 0 Å². The smallest absolute Gasteiger partial charge is 0.331 e. The zero-order chi connectivity index (χ0) is 27.1. The predicted octanol–water partition coefficient (Wildman–Crippen LogP) is 4.08. The lowest BCUT2D eigenvalue weighted by molar-refractivity contribution is -0.121. The van der Waals surface area contributed by atoms with Crippen molar-refractivity contribution in [3.8, 4) is 0 Å². The van der Waals surface area contributed by atoms with Crippen LogP contribution in [0.25, 0.3) is 10.9 Å². The number of nitrogens with zero attached hydrogens (tertiary/aromatic N) is 2. The number of halogens is 2. The first-order valence-electron chi connectivity index (χ1n) is 12.1. The van der Waals surface area contributed by atoms with E-state index >= 15 is 0 Å². The van der Waals surface area contributed by atoms with Crippen LogP contribution in [0.2, 0.25) is 5.02 Å². The zero-order valence-corrected chi connectivity index (χ0v) is 21.2. The molecule has 0 saturated heterocycles. The Kier molecular flexibility index (Phi) is 8.70. The lowest BCUT2D eigenvalue weighted by Crippen LogP contribution is -2.41. The molecule has 2 N–H and O–H groups in total. The van der Waals surface area contributed by atoms with E-state index in [-0.39, 0.29) is 29.9 Å². The zero-order valence-electron chi connectivity index (χ0n) is 20.5. The highest BCUT2D eigenvalue weighted by atomic mass is 35.5. The molecule has 0 fully saturated rings. The van der Waals surface area contributed by atoms with E-state index in [4.69, 9.17) is 11.6 Å². The van der Waals surface area contributed by atoms with E-state index < -0.39 is 29.5 Å². The first-order chi connectivity index (χ1) is 18.3. The van der Waals surface area contributed by atoms with Crippen LogP contribution in [0.5, 0.6) is 0 Å². The van der Waals surface area contributed by atoms with Crippen molar-refractivity contribution in [1.29, 1.82) is 0 Å². The van der Waals surface area contributed by atoms with E-state index in [0.29, 0.717) is 29.9 Å². The monoisotopic (exact) mass is 536 g/mol. The molecule has 0 spiro atoms. The van der Waals surface area contributed by atoms with Gasteiger partial charge in [0.25, 0.3) is 5.56 Å². The maximum Gasteiger partial charge on any atom is 0.331 e. The largest absolute Gasteiger partial charge is 0.352 e. The molecular weight excluding hydrogens is 511 g/mol. The van der Waals surface area contributed by atoms with Crippen LogP contribution < -0.4 is 21.9 Å². The predicted molar refractivity (Wildman–Crippen MR) is 145 cm³/mol. The first kappa shape index (κ1) is 26.8. The molecular formula is C28H26ClFN4O4. The molecule has 4 aromatic rings. The molecule has 10 heteroatoms. The third-order valence-corrected chi connectivity index (χ3v) is 6.42. The Hall–Kier alpha value is -4.24. The third-order valence-electron chi connectivity index (χ3n) is 6.05. The molecule has 38 heavy (non-hydrogen) atoms. The number of amides is 2. The average molecular weight is 537 g/mol. The summed E-state index contributed by atoms with van der Waals surface area (Å²) in [6.07, 6.45) is 1.06. The molecule has 0 radical (unpaired) electrons. The average Bonchev–Trinajstić information content (AvgIpc) is 2.91. The second kappa shape index (κ2) is 12.3. The van der Waals surface area contributed by atoms with Crippen molar-refractivity contribution in [2.75, 3.05) is 5.32 Å². The Bertz CT molecular complexity index is 1600. The number of carbonyl (C=O) groups is 2. The van der Waals surface area contributed by atoms with E-state index in [9.17, 15) is 23.6 Å². The fraction of sp³-hybridized carbons (Fsp3) is 0.214. The summed E-state index contributed by atoms with van der Waals surface area (Å²) in [5, 5.41) is 6.13. The molecule has 2 amide bonds. The molecule has 0 saturated carbocycles. The maximum absolute atomic E-state index is 14.0. The molecule has 196 valence electrons. The van der Waals surface area contributed by atoms with Crippen molar-refractivity contribution in [3.63, 3.8) is 0 Å². The molecule has 0 aliphatic heterocycles. The summed E-state index contributed by atoms with van der Waals surface area (Å²) < 4.78 is 16.2. The summed E-state index contributed by atoms with van der Waals surface area (Å²) in [5.41, 5.74) is -0.0118. The SMILES string of the molecule is O=C(CCCCn1c(=O)c2ccccc2n(CC(=O)Nc2ccccc2F)c1=O)NCc1ccccc1Cl. The van der Waals surface area contributed by atoms with Gasteiger partial charge in [0.05, 0.1) is 16.6 Å². The van der Waals surface area contributed by atoms with Gasteiger partial charge in [-0.3, -0.25) is 23.5 Å². The Labute approximate surface area is 222 Å². The summed E-state index contributed by atoms with van der Waals surface area (Å²) in [6.45, 7) is -0.0179. The summed E-state index contributed by atoms with van der Waals surface area (Å²) >= 11 is 6.11. The van der Waals surface area contributed by atoms with E-state index in [0.717, 1.165) is 10.1 Å². The number of aromatic nitrogens is 2. The van der Waals surface area contributed by atoms with E-state index in [1.54, 1.807) is 36.4 Å². The summed E-state index contributed by atoms with van der Waals surface area (Å²) in [6, 6.07) is 19.5. The Morgan fingerprint density at radius 3 is 2.34 bits per heavy atom. The number of anilines is 1. The molecule has 1 aromatic heterocycles. The molecule has 4 rings (SSSR count). The lowest BCUT2D eigenvalue weighted by atomic mass is 10.2. The van der Waals surface area contributed by atoms with Crippen molar-refractivity contribution in [2.24, 2.45) is 0 Å². The van der Waals surface area contributed by atoms with Crippen molar-refractivity contribution in [1.82, 2.24) is 14.5 Å². The van der Waals surface area contributed by atoms with Gasteiger partial charge in [-0.1, -0.05) is 54.1 Å². The van der Waals surface area contributed by atoms with Crippen LogP contribution in [0.3, 0.4) is 0 Å². The summed E-state index contributed by atoms with van der Waals surface area (Å²) in [5.74, 6) is -1.38. The minimum atomic E-state index is -0.652. The molecule has 3 aromatic carbocycles. The highest BCUT2D eigenvalue weighted by Crippen LogP contribution is 2.15. The molecule has 0 atom stereocenters. The molecule has 8 nitrogen and oxygen atoms in total. The Balaban J connectivity index is 1.43.